The summed E-state index contributed by atoms with van der Waals surface area (Å²) in [5, 5.41) is 2.22. The third-order valence-corrected chi connectivity index (χ3v) is 3.70. The molecular weight excluding hydrogens is 310 g/mol. The number of thioether (sulfide) groups is 1. The lowest BCUT2D eigenvalue weighted by Crippen LogP contribution is -2.42. The summed E-state index contributed by atoms with van der Waals surface area (Å²) < 4.78 is 27.9. The second-order valence-electron chi connectivity index (χ2n) is 4.87. The van der Waals surface area contributed by atoms with Crippen LogP contribution < -0.4 is 11.1 Å². The van der Waals surface area contributed by atoms with Crippen LogP contribution in [0.4, 0.5) is 8.78 Å². The van der Waals surface area contributed by atoms with Crippen LogP contribution in [0, 0.1) is 0 Å². The molecule has 2 rings (SSSR count). The van der Waals surface area contributed by atoms with Crippen LogP contribution in [0.25, 0.3) is 11.0 Å². The molecule has 0 saturated carbocycles. The number of hydrogen-bond acceptors (Lipinski definition) is 4. The number of fused-ring (bicyclic) bond motifs is 1. The number of para-hydroxylation sites is 2. The molecule has 1 amide bonds. The summed E-state index contributed by atoms with van der Waals surface area (Å²) in [4.78, 5) is 16.4. The molecule has 120 valence electrons. The monoisotopic (exact) mass is 328 g/mol. The van der Waals surface area contributed by atoms with Crippen molar-refractivity contribution in [3.63, 3.8) is 0 Å². The molecule has 0 bridgehead atoms. The summed E-state index contributed by atoms with van der Waals surface area (Å²) in [5.41, 5.74) is 6.54. The minimum atomic E-state index is -3.09. The highest BCUT2D eigenvalue weighted by molar-refractivity contribution is 7.97. The van der Waals surface area contributed by atoms with Gasteiger partial charge in [0.05, 0.1) is 29.9 Å². The fourth-order valence-corrected chi connectivity index (χ4v) is 2.52. The summed E-state index contributed by atoms with van der Waals surface area (Å²) >= 11 is 1.58. The SMILES string of the molecule is CSCc1nc2ccccc2n1CC(=O)NCC(F)(F)CN. The largest absolute Gasteiger partial charge is 0.348 e. The van der Waals surface area contributed by atoms with E-state index in [0.29, 0.717) is 5.75 Å². The Morgan fingerprint density at radius 3 is 2.86 bits per heavy atom. The van der Waals surface area contributed by atoms with E-state index < -0.39 is 24.9 Å². The minimum Gasteiger partial charge on any atom is -0.348 e. The number of benzene rings is 1. The van der Waals surface area contributed by atoms with Crippen LogP contribution in [0.1, 0.15) is 5.82 Å². The van der Waals surface area contributed by atoms with Crippen LogP contribution in [0.15, 0.2) is 24.3 Å². The highest BCUT2D eigenvalue weighted by atomic mass is 32.2. The first-order chi connectivity index (χ1) is 10.5. The number of nitrogens with zero attached hydrogens (tertiary/aromatic N) is 2. The van der Waals surface area contributed by atoms with Gasteiger partial charge in [-0.2, -0.15) is 11.8 Å². The molecule has 0 saturated heterocycles. The van der Waals surface area contributed by atoms with Gasteiger partial charge in [-0.15, -0.1) is 0 Å². The Hall–Kier alpha value is -1.67. The van der Waals surface area contributed by atoms with Gasteiger partial charge in [0.15, 0.2) is 0 Å². The number of rotatable bonds is 7. The Kier molecular flexibility index (Phi) is 5.36. The maximum Gasteiger partial charge on any atom is 0.277 e. The molecule has 1 aromatic heterocycles. The molecule has 0 aliphatic carbocycles. The first-order valence-electron chi connectivity index (χ1n) is 6.74. The van der Waals surface area contributed by atoms with Crippen molar-refractivity contribution >= 4 is 28.7 Å². The Labute approximate surface area is 131 Å². The molecule has 0 atom stereocenters. The predicted molar refractivity (Wildman–Crippen MR) is 84.0 cm³/mol. The van der Waals surface area contributed by atoms with Crippen LogP contribution >= 0.6 is 11.8 Å². The van der Waals surface area contributed by atoms with Gasteiger partial charge in [0.1, 0.15) is 12.4 Å². The maximum atomic E-state index is 13.1. The standard InChI is InChI=1S/C14H18F2N4OS/c1-22-7-12-19-10-4-2-3-5-11(10)20(12)6-13(21)18-9-14(15,16)8-17/h2-5H,6-9,17H2,1H3,(H,18,21). The molecule has 0 aliphatic heterocycles. The normalized spacial score (nSPS) is 11.8. The summed E-state index contributed by atoms with van der Waals surface area (Å²) in [7, 11) is 0. The smallest absolute Gasteiger partial charge is 0.277 e. The van der Waals surface area contributed by atoms with Crippen LogP contribution in [-0.2, 0) is 17.1 Å². The topological polar surface area (TPSA) is 72.9 Å². The van der Waals surface area contributed by atoms with E-state index in [1.165, 1.54) is 0 Å². The van der Waals surface area contributed by atoms with Crippen molar-refractivity contribution in [3.8, 4) is 0 Å². The van der Waals surface area contributed by atoms with Gasteiger partial charge in [-0.1, -0.05) is 12.1 Å². The molecule has 0 unspecified atom stereocenters. The number of carbonyl (C=O) groups is 1. The number of alkyl halides is 2. The Balaban J connectivity index is 2.16. The van der Waals surface area contributed by atoms with Gasteiger partial charge >= 0.3 is 0 Å². The number of carbonyl (C=O) groups excluding carboxylic acids is 1. The molecule has 5 nitrogen and oxygen atoms in total. The zero-order valence-electron chi connectivity index (χ0n) is 12.2. The molecule has 1 aromatic carbocycles. The van der Waals surface area contributed by atoms with E-state index in [1.54, 1.807) is 16.3 Å². The van der Waals surface area contributed by atoms with Crippen LogP contribution in [0.5, 0.6) is 0 Å². The van der Waals surface area contributed by atoms with Gasteiger partial charge in [0, 0.05) is 0 Å². The van der Waals surface area contributed by atoms with E-state index in [0.717, 1.165) is 16.9 Å². The number of halogens is 2. The third-order valence-electron chi connectivity index (χ3n) is 3.15. The molecule has 8 heteroatoms. The predicted octanol–water partition coefficient (Wildman–Crippen LogP) is 1.61. The average Bonchev–Trinajstić information content (AvgIpc) is 2.84. The number of nitrogens with two attached hydrogens (primary N) is 1. The first-order valence-corrected chi connectivity index (χ1v) is 8.14. The van der Waals surface area contributed by atoms with Gasteiger partial charge in [-0.25, -0.2) is 13.8 Å². The van der Waals surface area contributed by atoms with E-state index in [9.17, 15) is 13.6 Å². The molecule has 2 aromatic rings. The molecule has 0 fully saturated rings. The number of hydrogen-bond donors (Lipinski definition) is 2. The van der Waals surface area contributed by atoms with Crippen molar-refractivity contribution in [3.05, 3.63) is 30.1 Å². The van der Waals surface area contributed by atoms with Crippen LogP contribution in [0.3, 0.4) is 0 Å². The summed E-state index contributed by atoms with van der Waals surface area (Å²) in [5.74, 6) is -2.19. The average molecular weight is 328 g/mol. The fourth-order valence-electron chi connectivity index (χ4n) is 2.04. The zero-order valence-corrected chi connectivity index (χ0v) is 13.0. The Bertz CT molecular complexity index is 659. The Morgan fingerprint density at radius 1 is 1.45 bits per heavy atom. The van der Waals surface area contributed by atoms with Crippen molar-refractivity contribution in [2.45, 2.75) is 18.2 Å². The second kappa shape index (κ2) is 7.06. The van der Waals surface area contributed by atoms with E-state index in [4.69, 9.17) is 5.73 Å². The van der Waals surface area contributed by atoms with E-state index in [1.807, 2.05) is 30.5 Å². The summed E-state index contributed by atoms with van der Waals surface area (Å²) in [6.45, 7) is -1.59. The molecule has 1 heterocycles. The molecule has 3 N–H and O–H groups in total. The van der Waals surface area contributed by atoms with Gasteiger partial charge in [0.25, 0.3) is 5.92 Å². The summed E-state index contributed by atoms with van der Waals surface area (Å²) in [6, 6.07) is 7.43. The number of amides is 1. The maximum absolute atomic E-state index is 13.1. The zero-order chi connectivity index (χ0) is 16.2. The molecule has 22 heavy (non-hydrogen) atoms. The van der Waals surface area contributed by atoms with Crippen molar-refractivity contribution in [2.24, 2.45) is 5.73 Å². The number of imidazole rings is 1. The first kappa shape index (κ1) is 16.7. The summed E-state index contributed by atoms with van der Waals surface area (Å²) in [6.07, 6.45) is 1.94. The van der Waals surface area contributed by atoms with Gasteiger partial charge in [0.2, 0.25) is 5.91 Å². The van der Waals surface area contributed by atoms with E-state index >= 15 is 0 Å². The van der Waals surface area contributed by atoms with Gasteiger partial charge in [-0.05, 0) is 18.4 Å². The molecule has 0 spiro atoms. The van der Waals surface area contributed by atoms with Crippen LogP contribution in [0.2, 0.25) is 0 Å². The van der Waals surface area contributed by atoms with Crippen LogP contribution in [-0.4, -0.2) is 40.7 Å². The van der Waals surface area contributed by atoms with Crippen molar-refractivity contribution in [2.75, 3.05) is 19.3 Å². The fraction of sp³-hybridized carbons (Fsp3) is 0.429. The lowest BCUT2D eigenvalue weighted by atomic mass is 10.3. The van der Waals surface area contributed by atoms with Crippen molar-refractivity contribution < 1.29 is 13.6 Å². The molecular formula is C14H18F2N4OS. The highest BCUT2D eigenvalue weighted by Crippen LogP contribution is 2.19. The number of aromatic nitrogens is 2. The quantitative estimate of drug-likeness (QED) is 0.810. The van der Waals surface area contributed by atoms with Gasteiger partial charge < -0.3 is 15.6 Å². The van der Waals surface area contributed by atoms with Crippen molar-refractivity contribution in [1.29, 1.82) is 0 Å². The van der Waals surface area contributed by atoms with Crippen molar-refractivity contribution in [1.82, 2.24) is 14.9 Å². The lowest BCUT2D eigenvalue weighted by Gasteiger charge is -2.15. The van der Waals surface area contributed by atoms with Gasteiger partial charge in [-0.3, -0.25) is 4.79 Å². The highest BCUT2D eigenvalue weighted by Gasteiger charge is 2.27. The molecule has 0 radical (unpaired) electrons. The van der Waals surface area contributed by atoms with E-state index in [2.05, 4.69) is 10.3 Å². The number of nitrogens with one attached hydrogen (secondary N) is 1. The molecule has 0 aliphatic rings. The second-order valence-corrected chi connectivity index (χ2v) is 5.74. The minimum absolute atomic E-state index is 0.0446. The third kappa shape index (κ3) is 3.95. The van der Waals surface area contributed by atoms with E-state index in [-0.39, 0.29) is 6.54 Å². The lowest BCUT2D eigenvalue weighted by molar-refractivity contribution is -0.123. The Morgan fingerprint density at radius 2 is 2.18 bits per heavy atom.